The molecule has 0 bridgehead atoms. The third-order valence-corrected chi connectivity index (χ3v) is 3.04. The zero-order chi connectivity index (χ0) is 14.9. The van der Waals surface area contributed by atoms with Crippen LogP contribution >= 0.6 is 0 Å². The zero-order valence-corrected chi connectivity index (χ0v) is 11.5. The Kier molecular flexibility index (Phi) is 4.02. The minimum absolute atomic E-state index is 0.0639. The molecular weight excluding hydrogens is 265 g/mol. The summed E-state index contributed by atoms with van der Waals surface area (Å²) in [6, 6.07) is 6.49. The van der Waals surface area contributed by atoms with E-state index in [1.807, 2.05) is 13.8 Å². The van der Waals surface area contributed by atoms with Crippen molar-refractivity contribution in [3.63, 3.8) is 0 Å². The van der Waals surface area contributed by atoms with E-state index in [0.29, 0.717) is 11.1 Å². The summed E-state index contributed by atoms with van der Waals surface area (Å²) in [6.45, 7) is 5.37. The third-order valence-electron chi connectivity index (χ3n) is 3.04. The van der Waals surface area contributed by atoms with Gasteiger partial charge in [0.1, 0.15) is 17.3 Å². The highest BCUT2D eigenvalue weighted by Gasteiger charge is 2.11. The van der Waals surface area contributed by atoms with Crippen LogP contribution in [0.4, 0.5) is 13.2 Å². The van der Waals surface area contributed by atoms with Crippen LogP contribution in [-0.2, 0) is 0 Å². The fourth-order valence-corrected chi connectivity index (χ4v) is 1.90. The monoisotopic (exact) mass is 280 g/mol. The van der Waals surface area contributed by atoms with Gasteiger partial charge in [-0.25, -0.2) is 13.2 Å². The van der Waals surface area contributed by atoms with Crippen LogP contribution in [0.3, 0.4) is 0 Å². The molecule has 0 aromatic heterocycles. The van der Waals surface area contributed by atoms with Crippen LogP contribution in [0.1, 0.15) is 30.9 Å². The SMILES string of the molecule is Cc1cc(F)c(F)cc1Oc1ccc(C(C)C)c(F)c1. The van der Waals surface area contributed by atoms with Gasteiger partial charge in [0, 0.05) is 12.1 Å². The Morgan fingerprint density at radius 1 is 0.900 bits per heavy atom. The zero-order valence-electron chi connectivity index (χ0n) is 11.5. The highest BCUT2D eigenvalue weighted by molar-refractivity contribution is 5.39. The van der Waals surface area contributed by atoms with Gasteiger partial charge in [0.05, 0.1) is 0 Å². The average Bonchev–Trinajstić information content (AvgIpc) is 2.35. The Balaban J connectivity index is 2.31. The molecule has 2 aromatic rings. The van der Waals surface area contributed by atoms with Gasteiger partial charge in [-0.1, -0.05) is 19.9 Å². The molecule has 0 N–H and O–H groups in total. The molecule has 2 rings (SSSR count). The first-order valence-electron chi connectivity index (χ1n) is 6.31. The molecule has 106 valence electrons. The fraction of sp³-hybridized carbons (Fsp3) is 0.250. The quantitative estimate of drug-likeness (QED) is 0.738. The molecule has 0 amide bonds. The van der Waals surface area contributed by atoms with Crippen molar-refractivity contribution in [3.05, 3.63) is 58.9 Å². The van der Waals surface area contributed by atoms with Crippen molar-refractivity contribution in [2.75, 3.05) is 0 Å². The van der Waals surface area contributed by atoms with E-state index in [1.165, 1.54) is 6.07 Å². The lowest BCUT2D eigenvalue weighted by Gasteiger charge is -2.12. The van der Waals surface area contributed by atoms with E-state index >= 15 is 0 Å². The molecule has 2 aromatic carbocycles. The normalized spacial score (nSPS) is 10.9. The second-order valence-electron chi connectivity index (χ2n) is 4.97. The minimum atomic E-state index is -0.995. The summed E-state index contributed by atoms with van der Waals surface area (Å²) in [4.78, 5) is 0. The van der Waals surface area contributed by atoms with Crippen LogP contribution < -0.4 is 4.74 Å². The topological polar surface area (TPSA) is 9.23 Å². The lowest BCUT2D eigenvalue weighted by atomic mass is 10.0. The van der Waals surface area contributed by atoms with E-state index in [1.54, 1.807) is 19.1 Å². The molecule has 0 saturated heterocycles. The first-order chi connectivity index (χ1) is 9.38. The lowest BCUT2D eigenvalue weighted by Crippen LogP contribution is -1.96. The highest BCUT2D eigenvalue weighted by atomic mass is 19.2. The van der Waals surface area contributed by atoms with Crippen LogP contribution in [0.5, 0.6) is 11.5 Å². The summed E-state index contributed by atoms with van der Waals surface area (Å²) in [5.41, 5.74) is 1.02. The van der Waals surface area contributed by atoms with Crippen LogP contribution in [0.25, 0.3) is 0 Å². The Labute approximate surface area is 116 Å². The summed E-state index contributed by atoms with van der Waals surface area (Å²) in [5.74, 6) is -1.82. The Morgan fingerprint density at radius 2 is 1.55 bits per heavy atom. The number of hydrogen-bond donors (Lipinski definition) is 0. The summed E-state index contributed by atoms with van der Waals surface area (Å²) < 4.78 is 45.4. The van der Waals surface area contributed by atoms with Crippen molar-refractivity contribution >= 4 is 0 Å². The molecule has 0 unspecified atom stereocenters. The van der Waals surface area contributed by atoms with E-state index in [2.05, 4.69) is 0 Å². The maximum Gasteiger partial charge on any atom is 0.162 e. The van der Waals surface area contributed by atoms with E-state index in [0.717, 1.165) is 12.1 Å². The van der Waals surface area contributed by atoms with Crippen LogP contribution in [0, 0.1) is 24.4 Å². The number of aryl methyl sites for hydroxylation is 1. The molecule has 0 saturated carbocycles. The van der Waals surface area contributed by atoms with Crippen LogP contribution in [-0.4, -0.2) is 0 Å². The van der Waals surface area contributed by atoms with Crippen molar-refractivity contribution in [1.29, 1.82) is 0 Å². The van der Waals surface area contributed by atoms with Crippen molar-refractivity contribution in [2.45, 2.75) is 26.7 Å². The molecule has 0 heterocycles. The summed E-state index contributed by atoms with van der Waals surface area (Å²) >= 11 is 0. The highest BCUT2D eigenvalue weighted by Crippen LogP contribution is 2.29. The third kappa shape index (κ3) is 2.95. The number of benzene rings is 2. The second kappa shape index (κ2) is 5.57. The molecule has 0 fully saturated rings. The van der Waals surface area contributed by atoms with Gasteiger partial charge in [-0.15, -0.1) is 0 Å². The van der Waals surface area contributed by atoms with Gasteiger partial charge in [0.25, 0.3) is 0 Å². The Morgan fingerprint density at radius 3 is 2.15 bits per heavy atom. The first-order valence-corrected chi connectivity index (χ1v) is 6.31. The predicted molar refractivity (Wildman–Crippen MR) is 71.7 cm³/mol. The first kappa shape index (κ1) is 14.4. The summed E-state index contributed by atoms with van der Waals surface area (Å²) in [7, 11) is 0. The molecule has 0 aliphatic carbocycles. The standard InChI is InChI=1S/C16H15F3O/c1-9(2)12-5-4-11(7-13(12)17)20-16-8-15(19)14(18)6-10(16)3/h4-9H,1-3H3. The maximum absolute atomic E-state index is 13.8. The molecular formula is C16H15F3O. The van der Waals surface area contributed by atoms with Gasteiger partial charge in [-0.05, 0) is 36.1 Å². The van der Waals surface area contributed by atoms with Crippen molar-refractivity contribution in [1.82, 2.24) is 0 Å². The van der Waals surface area contributed by atoms with Gasteiger partial charge >= 0.3 is 0 Å². The van der Waals surface area contributed by atoms with Crippen molar-refractivity contribution in [3.8, 4) is 11.5 Å². The van der Waals surface area contributed by atoms with Gasteiger partial charge in [-0.2, -0.15) is 0 Å². The molecule has 0 aliphatic rings. The van der Waals surface area contributed by atoms with E-state index in [9.17, 15) is 13.2 Å². The number of ether oxygens (including phenoxy) is 1. The van der Waals surface area contributed by atoms with E-state index < -0.39 is 11.6 Å². The second-order valence-corrected chi connectivity index (χ2v) is 4.97. The molecule has 0 spiro atoms. The number of hydrogen-bond acceptors (Lipinski definition) is 1. The molecule has 0 aliphatic heterocycles. The van der Waals surface area contributed by atoms with Crippen molar-refractivity contribution < 1.29 is 17.9 Å². The van der Waals surface area contributed by atoms with E-state index in [-0.39, 0.29) is 23.2 Å². The molecule has 0 atom stereocenters. The smallest absolute Gasteiger partial charge is 0.162 e. The summed E-state index contributed by atoms with van der Waals surface area (Å²) in [5, 5.41) is 0. The predicted octanol–water partition coefficient (Wildman–Crippen LogP) is 5.33. The number of rotatable bonds is 3. The summed E-state index contributed by atoms with van der Waals surface area (Å²) in [6.07, 6.45) is 0. The largest absolute Gasteiger partial charge is 0.457 e. The lowest BCUT2D eigenvalue weighted by molar-refractivity contribution is 0.453. The average molecular weight is 280 g/mol. The fourth-order valence-electron chi connectivity index (χ4n) is 1.90. The Hall–Kier alpha value is -1.97. The Bertz CT molecular complexity index is 636. The number of halogens is 3. The van der Waals surface area contributed by atoms with Gasteiger partial charge in [-0.3, -0.25) is 0 Å². The van der Waals surface area contributed by atoms with Gasteiger partial charge < -0.3 is 4.74 Å². The molecule has 20 heavy (non-hydrogen) atoms. The minimum Gasteiger partial charge on any atom is -0.457 e. The molecule has 1 nitrogen and oxygen atoms in total. The van der Waals surface area contributed by atoms with E-state index in [4.69, 9.17) is 4.74 Å². The van der Waals surface area contributed by atoms with Crippen LogP contribution in [0.15, 0.2) is 30.3 Å². The van der Waals surface area contributed by atoms with Crippen molar-refractivity contribution in [2.24, 2.45) is 0 Å². The maximum atomic E-state index is 13.8. The molecule has 4 heteroatoms. The van der Waals surface area contributed by atoms with Gasteiger partial charge in [0.15, 0.2) is 11.6 Å². The molecule has 0 radical (unpaired) electrons. The van der Waals surface area contributed by atoms with Gasteiger partial charge in [0.2, 0.25) is 0 Å². The van der Waals surface area contributed by atoms with Crippen LogP contribution in [0.2, 0.25) is 0 Å².